The molecule has 0 amide bonds. The Balaban J connectivity index is 1.52. The smallest absolute Gasteiger partial charge is 0.173 e. The van der Waals surface area contributed by atoms with Crippen molar-refractivity contribution in [3.8, 4) is 5.75 Å². The van der Waals surface area contributed by atoms with Crippen LogP contribution < -0.4 is 10.1 Å². The summed E-state index contributed by atoms with van der Waals surface area (Å²) >= 11 is 0. The van der Waals surface area contributed by atoms with E-state index in [1.807, 2.05) is 12.1 Å². The summed E-state index contributed by atoms with van der Waals surface area (Å²) in [5.41, 5.74) is 2.20. The Bertz CT molecular complexity index is 589. The number of aromatic nitrogens is 1. The summed E-state index contributed by atoms with van der Waals surface area (Å²) in [6.45, 7) is 1.40. The maximum atomic E-state index is 5.72. The van der Waals surface area contributed by atoms with E-state index in [4.69, 9.17) is 14.2 Å². The molecule has 0 saturated carbocycles. The normalized spacial score (nSPS) is 23.4. The predicted molar refractivity (Wildman–Crippen MR) is 73.1 cm³/mol. The Kier molecular flexibility index (Phi) is 2.75. The highest BCUT2D eigenvalue weighted by atomic mass is 16.7. The summed E-state index contributed by atoms with van der Waals surface area (Å²) in [7, 11) is 0. The molecule has 1 aromatic heterocycles. The molecule has 1 N–H and O–H groups in total. The first-order valence-electron chi connectivity index (χ1n) is 6.91. The highest BCUT2D eigenvalue weighted by Crippen LogP contribution is 2.38. The molecule has 3 aliphatic rings. The number of nitrogens with zero attached hydrogens (tertiary/aromatic N) is 1. The van der Waals surface area contributed by atoms with Crippen LogP contribution >= 0.6 is 0 Å². The number of fused-ring (bicyclic) bond motifs is 1. The largest absolute Gasteiger partial charge is 0.459 e. The molecule has 0 unspecified atom stereocenters. The van der Waals surface area contributed by atoms with E-state index in [1.54, 1.807) is 12.5 Å². The summed E-state index contributed by atoms with van der Waals surface area (Å²) < 4.78 is 17.1. The molecular formula is C15H16N2O3. The van der Waals surface area contributed by atoms with Crippen molar-refractivity contribution in [1.82, 2.24) is 4.98 Å². The second-order valence-electron chi connectivity index (χ2n) is 5.17. The fourth-order valence-electron chi connectivity index (χ4n) is 2.83. The average Bonchev–Trinajstić information content (AvgIpc) is 2.96. The van der Waals surface area contributed by atoms with Crippen molar-refractivity contribution in [3.63, 3.8) is 0 Å². The number of ether oxygens (including phenoxy) is 3. The van der Waals surface area contributed by atoms with Crippen LogP contribution in [0.2, 0.25) is 0 Å². The lowest BCUT2D eigenvalue weighted by Gasteiger charge is -2.31. The van der Waals surface area contributed by atoms with Gasteiger partial charge in [0.1, 0.15) is 6.26 Å². The van der Waals surface area contributed by atoms with Crippen molar-refractivity contribution >= 4 is 5.82 Å². The van der Waals surface area contributed by atoms with Gasteiger partial charge in [0, 0.05) is 19.0 Å². The fourth-order valence-corrected chi connectivity index (χ4v) is 2.83. The van der Waals surface area contributed by atoms with Crippen LogP contribution in [0, 0.1) is 0 Å². The maximum Gasteiger partial charge on any atom is 0.173 e. The summed E-state index contributed by atoms with van der Waals surface area (Å²) in [6, 6.07) is 3.75. The van der Waals surface area contributed by atoms with Crippen LogP contribution in [0.25, 0.3) is 0 Å². The van der Waals surface area contributed by atoms with Crippen molar-refractivity contribution in [2.75, 3.05) is 18.5 Å². The van der Waals surface area contributed by atoms with E-state index in [9.17, 15) is 0 Å². The minimum absolute atomic E-state index is 0.379. The van der Waals surface area contributed by atoms with Crippen LogP contribution in [0.3, 0.4) is 0 Å². The van der Waals surface area contributed by atoms with E-state index in [0.717, 1.165) is 36.5 Å². The molecule has 20 heavy (non-hydrogen) atoms. The van der Waals surface area contributed by atoms with E-state index in [0.29, 0.717) is 13.2 Å². The van der Waals surface area contributed by atoms with Gasteiger partial charge in [0.15, 0.2) is 17.4 Å². The van der Waals surface area contributed by atoms with Crippen molar-refractivity contribution < 1.29 is 14.2 Å². The number of hydrogen-bond acceptors (Lipinski definition) is 5. The van der Waals surface area contributed by atoms with Crippen LogP contribution in [-0.2, 0) is 9.47 Å². The molecule has 4 rings (SSSR count). The van der Waals surface area contributed by atoms with Crippen LogP contribution in [0.4, 0.5) is 5.82 Å². The Morgan fingerprint density at radius 3 is 2.95 bits per heavy atom. The Labute approximate surface area is 117 Å². The van der Waals surface area contributed by atoms with E-state index < -0.39 is 0 Å². The standard InChI is InChI=1S/C15H16N2O3/c1-2-13-14(16-7-1)17-12(10-18-13)11-3-5-15(6-4-11)19-8-9-20-15/h1-3,7,10H,4-6,8-9H2,(H,16,17). The molecule has 0 radical (unpaired) electrons. The number of pyridine rings is 1. The van der Waals surface area contributed by atoms with E-state index in [1.165, 1.54) is 5.57 Å². The van der Waals surface area contributed by atoms with Gasteiger partial charge in [0.25, 0.3) is 0 Å². The van der Waals surface area contributed by atoms with Gasteiger partial charge >= 0.3 is 0 Å². The van der Waals surface area contributed by atoms with Gasteiger partial charge in [-0.1, -0.05) is 6.08 Å². The topological polar surface area (TPSA) is 52.6 Å². The lowest BCUT2D eigenvalue weighted by molar-refractivity contribution is -0.161. The molecule has 5 nitrogen and oxygen atoms in total. The van der Waals surface area contributed by atoms with Crippen LogP contribution in [0.1, 0.15) is 19.3 Å². The van der Waals surface area contributed by atoms with Crippen molar-refractivity contribution in [1.29, 1.82) is 0 Å². The number of hydrogen-bond donors (Lipinski definition) is 1. The minimum atomic E-state index is -0.379. The third kappa shape index (κ3) is 1.99. The molecule has 0 bridgehead atoms. The third-order valence-corrected chi connectivity index (χ3v) is 3.92. The van der Waals surface area contributed by atoms with Crippen molar-refractivity contribution in [3.05, 3.63) is 41.9 Å². The first kappa shape index (κ1) is 11.9. The number of rotatable bonds is 1. The van der Waals surface area contributed by atoms with Crippen LogP contribution in [0.15, 0.2) is 41.9 Å². The van der Waals surface area contributed by atoms with Gasteiger partial charge in [-0.3, -0.25) is 0 Å². The molecule has 5 heteroatoms. The van der Waals surface area contributed by atoms with Crippen molar-refractivity contribution in [2.45, 2.75) is 25.0 Å². The van der Waals surface area contributed by atoms with E-state index in [2.05, 4.69) is 16.4 Å². The Hall–Kier alpha value is -1.85. The predicted octanol–water partition coefficient (Wildman–Crippen LogP) is 2.58. The monoisotopic (exact) mass is 272 g/mol. The molecule has 1 fully saturated rings. The van der Waals surface area contributed by atoms with Gasteiger partial charge in [0.2, 0.25) is 0 Å². The molecule has 1 saturated heterocycles. The first-order chi connectivity index (χ1) is 9.85. The molecule has 1 spiro atoms. The molecule has 2 aliphatic heterocycles. The highest BCUT2D eigenvalue weighted by Gasteiger charge is 2.38. The summed E-state index contributed by atoms with van der Waals surface area (Å²) in [4.78, 5) is 4.28. The SMILES string of the molecule is C1=C(C2=COc3cccnc3N2)CCC2(C1)OCCO2. The second-order valence-corrected chi connectivity index (χ2v) is 5.17. The molecule has 0 atom stereocenters. The van der Waals surface area contributed by atoms with Crippen LogP contribution in [-0.4, -0.2) is 24.0 Å². The van der Waals surface area contributed by atoms with Gasteiger partial charge in [-0.15, -0.1) is 0 Å². The lowest BCUT2D eigenvalue weighted by atomic mass is 9.92. The fraction of sp³-hybridized carbons (Fsp3) is 0.400. The third-order valence-electron chi connectivity index (χ3n) is 3.92. The van der Waals surface area contributed by atoms with Gasteiger partial charge in [-0.05, 0) is 24.1 Å². The molecule has 3 heterocycles. The van der Waals surface area contributed by atoms with E-state index >= 15 is 0 Å². The zero-order valence-corrected chi connectivity index (χ0v) is 11.1. The number of anilines is 1. The Morgan fingerprint density at radius 1 is 1.25 bits per heavy atom. The molecule has 104 valence electrons. The highest BCUT2D eigenvalue weighted by molar-refractivity contribution is 5.59. The van der Waals surface area contributed by atoms with Gasteiger partial charge in [-0.2, -0.15) is 0 Å². The molecular weight excluding hydrogens is 256 g/mol. The Morgan fingerprint density at radius 2 is 2.15 bits per heavy atom. The molecule has 1 aromatic rings. The van der Waals surface area contributed by atoms with Crippen LogP contribution in [0.5, 0.6) is 5.75 Å². The zero-order valence-electron chi connectivity index (χ0n) is 11.1. The van der Waals surface area contributed by atoms with Gasteiger partial charge < -0.3 is 19.5 Å². The second kappa shape index (κ2) is 4.61. The lowest BCUT2D eigenvalue weighted by Crippen LogP contribution is -2.32. The summed E-state index contributed by atoms with van der Waals surface area (Å²) in [6.07, 6.45) is 8.26. The summed E-state index contributed by atoms with van der Waals surface area (Å²) in [5.74, 6) is 1.14. The quantitative estimate of drug-likeness (QED) is 0.851. The minimum Gasteiger partial charge on any atom is -0.459 e. The average molecular weight is 272 g/mol. The van der Waals surface area contributed by atoms with E-state index in [-0.39, 0.29) is 5.79 Å². The van der Waals surface area contributed by atoms with Crippen molar-refractivity contribution in [2.24, 2.45) is 0 Å². The van der Waals surface area contributed by atoms with Gasteiger partial charge in [0.05, 0.1) is 18.9 Å². The number of allylic oxidation sites excluding steroid dienone is 1. The molecule has 0 aromatic carbocycles. The first-order valence-corrected chi connectivity index (χ1v) is 6.91. The molecule has 1 aliphatic carbocycles. The maximum absolute atomic E-state index is 5.72. The summed E-state index contributed by atoms with van der Waals surface area (Å²) in [5, 5.41) is 3.32. The number of nitrogens with one attached hydrogen (secondary N) is 1. The van der Waals surface area contributed by atoms with Gasteiger partial charge in [-0.25, -0.2) is 4.98 Å². The zero-order chi connectivity index (χ0) is 13.4.